The van der Waals surface area contributed by atoms with Crippen LogP contribution in [0.1, 0.15) is 25.6 Å². The lowest BCUT2D eigenvalue weighted by atomic mass is 9.94. The topological polar surface area (TPSA) is 96.7 Å². The fraction of sp³-hybridized carbons (Fsp3) is 0.727. The van der Waals surface area contributed by atoms with Crippen LogP contribution in [0.3, 0.4) is 0 Å². The Hall–Kier alpha value is -1.08. The average molecular weight is 269 g/mol. The first-order valence-corrected chi connectivity index (χ1v) is 7.14. The van der Waals surface area contributed by atoms with Gasteiger partial charge in [0.05, 0.1) is 0 Å². The number of thioether (sulfide) groups is 1. The molecule has 1 aliphatic rings. The highest BCUT2D eigenvalue weighted by Gasteiger charge is 2.49. The second-order valence-electron chi connectivity index (χ2n) is 4.63. The number of aromatic amines is 1. The van der Waals surface area contributed by atoms with Crippen molar-refractivity contribution in [3.05, 3.63) is 5.82 Å². The zero-order valence-electron chi connectivity index (χ0n) is 10.7. The third-order valence-electron chi connectivity index (χ3n) is 3.21. The summed E-state index contributed by atoms with van der Waals surface area (Å²) in [5.74, 6) is 1.43. The van der Waals surface area contributed by atoms with Crippen LogP contribution in [0.15, 0.2) is 5.16 Å². The molecular weight excluding hydrogens is 250 g/mol. The fourth-order valence-electron chi connectivity index (χ4n) is 2.13. The van der Waals surface area contributed by atoms with Gasteiger partial charge in [0.1, 0.15) is 11.4 Å². The first-order chi connectivity index (χ1) is 8.58. The van der Waals surface area contributed by atoms with Gasteiger partial charge in [0.25, 0.3) is 0 Å². The van der Waals surface area contributed by atoms with E-state index in [1.165, 1.54) is 11.8 Å². The van der Waals surface area contributed by atoms with Crippen molar-refractivity contribution < 1.29 is 4.79 Å². The first kappa shape index (κ1) is 13.4. The highest BCUT2D eigenvalue weighted by molar-refractivity contribution is 7.99. The molecule has 7 heteroatoms. The smallest absolute Gasteiger partial charge is 0.238 e. The maximum absolute atomic E-state index is 11.8. The molecule has 1 aromatic heterocycles. The molecule has 1 atom stereocenters. The van der Waals surface area contributed by atoms with E-state index < -0.39 is 5.54 Å². The summed E-state index contributed by atoms with van der Waals surface area (Å²) in [6.45, 7) is 4.57. The number of hydrogen-bond donors (Lipinski definition) is 3. The van der Waals surface area contributed by atoms with E-state index in [0.29, 0.717) is 16.8 Å². The van der Waals surface area contributed by atoms with Crippen LogP contribution in [0.25, 0.3) is 0 Å². The van der Waals surface area contributed by atoms with Gasteiger partial charge in [-0.15, -0.1) is 5.10 Å². The normalized spacial score (nSPS) is 18.6. The van der Waals surface area contributed by atoms with Crippen molar-refractivity contribution in [2.24, 2.45) is 11.7 Å². The maximum Gasteiger partial charge on any atom is 0.238 e. The number of hydrogen-bond acceptors (Lipinski definition) is 5. The number of likely N-dealkylation sites (N-methyl/N-ethyl adjacent to an activating group) is 1. The van der Waals surface area contributed by atoms with Crippen LogP contribution in [-0.4, -0.2) is 38.9 Å². The van der Waals surface area contributed by atoms with E-state index in [9.17, 15) is 4.79 Å². The number of aryl methyl sites for hydroxylation is 1. The Morgan fingerprint density at radius 2 is 2.39 bits per heavy atom. The predicted molar refractivity (Wildman–Crippen MR) is 70.2 cm³/mol. The lowest BCUT2D eigenvalue weighted by molar-refractivity contribution is -0.124. The largest absolute Gasteiger partial charge is 0.368 e. The Morgan fingerprint density at radius 3 is 2.83 bits per heavy atom. The first-order valence-electron chi connectivity index (χ1n) is 6.15. The van der Waals surface area contributed by atoms with Gasteiger partial charge in [0.15, 0.2) is 0 Å². The molecule has 0 aromatic carbocycles. The van der Waals surface area contributed by atoms with Gasteiger partial charge in [-0.3, -0.25) is 9.89 Å². The molecule has 18 heavy (non-hydrogen) atoms. The molecule has 1 amide bonds. The highest BCUT2D eigenvalue weighted by atomic mass is 32.2. The molecule has 100 valence electrons. The van der Waals surface area contributed by atoms with E-state index in [1.54, 1.807) is 0 Å². The summed E-state index contributed by atoms with van der Waals surface area (Å²) in [4.78, 5) is 16.0. The number of nitrogens with zero attached hydrogens (tertiary/aromatic N) is 2. The molecule has 1 saturated carbocycles. The van der Waals surface area contributed by atoms with E-state index in [2.05, 4.69) is 20.5 Å². The summed E-state index contributed by atoms with van der Waals surface area (Å²) in [5.41, 5.74) is 4.99. The summed E-state index contributed by atoms with van der Waals surface area (Å²) in [6.07, 6.45) is 2.12. The van der Waals surface area contributed by atoms with E-state index in [0.717, 1.165) is 25.2 Å². The van der Waals surface area contributed by atoms with Crippen LogP contribution in [-0.2, 0) is 4.79 Å². The molecule has 4 N–H and O–H groups in total. The summed E-state index contributed by atoms with van der Waals surface area (Å²) in [5, 5.41) is 10.8. The van der Waals surface area contributed by atoms with Crippen molar-refractivity contribution in [2.45, 2.75) is 37.4 Å². The molecule has 0 spiro atoms. The van der Waals surface area contributed by atoms with Crippen LogP contribution in [0.5, 0.6) is 0 Å². The Morgan fingerprint density at radius 1 is 1.67 bits per heavy atom. The van der Waals surface area contributed by atoms with Crippen molar-refractivity contribution in [1.29, 1.82) is 0 Å². The lowest BCUT2D eigenvalue weighted by Crippen LogP contribution is -2.59. The van der Waals surface area contributed by atoms with Gasteiger partial charge in [-0.25, -0.2) is 4.98 Å². The second kappa shape index (κ2) is 5.27. The average Bonchev–Trinajstić information content (AvgIpc) is 3.08. The van der Waals surface area contributed by atoms with Crippen LogP contribution in [0, 0.1) is 12.8 Å². The van der Waals surface area contributed by atoms with Gasteiger partial charge >= 0.3 is 0 Å². The van der Waals surface area contributed by atoms with Crippen molar-refractivity contribution in [3.8, 4) is 0 Å². The molecular formula is C11H19N5OS. The molecule has 1 unspecified atom stereocenters. The van der Waals surface area contributed by atoms with Crippen molar-refractivity contribution >= 4 is 17.7 Å². The van der Waals surface area contributed by atoms with Gasteiger partial charge in [-0.2, -0.15) is 0 Å². The van der Waals surface area contributed by atoms with Gasteiger partial charge in [0.2, 0.25) is 11.1 Å². The van der Waals surface area contributed by atoms with Crippen LogP contribution in [0.2, 0.25) is 0 Å². The molecule has 0 radical (unpaired) electrons. The molecule has 1 aliphatic carbocycles. The summed E-state index contributed by atoms with van der Waals surface area (Å²) < 4.78 is 0. The maximum atomic E-state index is 11.8. The van der Waals surface area contributed by atoms with Crippen molar-refractivity contribution in [1.82, 2.24) is 20.5 Å². The van der Waals surface area contributed by atoms with Crippen molar-refractivity contribution in [2.75, 3.05) is 12.3 Å². The summed E-state index contributed by atoms with van der Waals surface area (Å²) >= 11 is 1.47. The number of rotatable bonds is 7. The van der Waals surface area contributed by atoms with E-state index in [1.807, 2.05) is 13.8 Å². The monoisotopic (exact) mass is 269 g/mol. The molecule has 0 saturated heterocycles. The quantitative estimate of drug-likeness (QED) is 0.624. The minimum absolute atomic E-state index is 0.272. The van der Waals surface area contributed by atoms with E-state index in [4.69, 9.17) is 5.73 Å². The summed E-state index contributed by atoms with van der Waals surface area (Å²) in [6, 6.07) is 0. The minimum atomic E-state index is -0.617. The Bertz CT molecular complexity index is 431. The lowest BCUT2D eigenvalue weighted by Gasteiger charge is -2.30. The standard InChI is InChI=1S/C11H19N5OS/c1-3-13-11(9(12)17,8-4-5-8)6-18-10-14-7(2)15-16-10/h8,13H,3-6H2,1-2H3,(H2,12,17)(H,14,15,16). The summed E-state index contributed by atoms with van der Waals surface area (Å²) in [7, 11) is 0. The molecule has 0 bridgehead atoms. The number of carbonyl (C=O) groups excluding carboxylic acids is 1. The predicted octanol–water partition coefficient (Wildman–Crippen LogP) is 0.449. The van der Waals surface area contributed by atoms with Crippen molar-refractivity contribution in [3.63, 3.8) is 0 Å². The molecule has 1 heterocycles. The third-order valence-corrected chi connectivity index (χ3v) is 4.25. The Labute approximate surface area is 111 Å². The number of carbonyl (C=O) groups is 1. The number of H-pyrrole nitrogens is 1. The van der Waals surface area contributed by atoms with Gasteiger partial charge in [-0.1, -0.05) is 18.7 Å². The second-order valence-corrected chi connectivity index (χ2v) is 5.57. The fourth-order valence-corrected chi connectivity index (χ4v) is 3.28. The van der Waals surface area contributed by atoms with Gasteiger partial charge < -0.3 is 11.1 Å². The number of nitrogens with two attached hydrogens (primary N) is 1. The van der Waals surface area contributed by atoms with Gasteiger partial charge in [0, 0.05) is 5.75 Å². The van der Waals surface area contributed by atoms with Crippen LogP contribution < -0.4 is 11.1 Å². The molecule has 1 aromatic rings. The molecule has 1 fully saturated rings. The Balaban J connectivity index is 2.07. The van der Waals surface area contributed by atoms with E-state index in [-0.39, 0.29) is 5.91 Å². The van der Waals surface area contributed by atoms with Crippen LogP contribution in [0.4, 0.5) is 0 Å². The highest BCUT2D eigenvalue weighted by Crippen LogP contribution is 2.42. The molecule has 6 nitrogen and oxygen atoms in total. The zero-order valence-corrected chi connectivity index (χ0v) is 11.5. The van der Waals surface area contributed by atoms with Crippen LogP contribution >= 0.6 is 11.8 Å². The number of nitrogens with one attached hydrogen (secondary N) is 2. The van der Waals surface area contributed by atoms with Gasteiger partial charge in [-0.05, 0) is 32.2 Å². The number of primary amides is 1. The van der Waals surface area contributed by atoms with E-state index >= 15 is 0 Å². The number of amides is 1. The third kappa shape index (κ3) is 2.67. The SMILES string of the molecule is CCNC(CSc1n[nH]c(C)n1)(C(N)=O)C1CC1. The molecule has 0 aliphatic heterocycles. The Kier molecular flexibility index (Phi) is 3.91. The molecule has 2 rings (SSSR count). The minimum Gasteiger partial charge on any atom is -0.368 e. The number of aromatic nitrogens is 3. The zero-order chi connectivity index (χ0) is 13.2.